The number of benzene rings is 1. The Labute approximate surface area is 154 Å². The lowest BCUT2D eigenvalue weighted by Gasteiger charge is -2.27. The highest BCUT2D eigenvalue weighted by atomic mass is 19.1. The van der Waals surface area contributed by atoms with Crippen molar-refractivity contribution in [1.29, 1.82) is 0 Å². The Morgan fingerprint density at radius 3 is 2.44 bits per heavy atom. The lowest BCUT2D eigenvalue weighted by molar-refractivity contribution is 0.577. The summed E-state index contributed by atoms with van der Waals surface area (Å²) in [7, 11) is 0. The molecular formula is C17H18F2N8. The molecule has 10 heteroatoms. The number of rotatable bonds is 5. The standard InChI is InChI=1S/C17H18F2N8/c18-13-8-12(9-14(19)10-13)11-21-15-23-16(26-6-3-20-4-7-26)25-17(24-15)27-5-1-2-22-27/h1-2,5,8-10,20H,3-4,6-7,11H2,(H,21,23,24,25). The van der Waals surface area contributed by atoms with Gasteiger partial charge in [-0.3, -0.25) is 0 Å². The van der Waals surface area contributed by atoms with Crippen molar-refractivity contribution in [2.75, 3.05) is 36.4 Å². The fourth-order valence-electron chi connectivity index (χ4n) is 2.82. The van der Waals surface area contributed by atoms with Crippen molar-refractivity contribution < 1.29 is 8.78 Å². The van der Waals surface area contributed by atoms with Gasteiger partial charge in [0.1, 0.15) is 11.6 Å². The van der Waals surface area contributed by atoms with E-state index in [2.05, 4.69) is 35.6 Å². The van der Waals surface area contributed by atoms with Crippen LogP contribution in [-0.4, -0.2) is 50.9 Å². The average molecular weight is 372 g/mol. The summed E-state index contributed by atoms with van der Waals surface area (Å²) in [4.78, 5) is 15.4. The van der Waals surface area contributed by atoms with E-state index in [4.69, 9.17) is 0 Å². The molecule has 2 N–H and O–H groups in total. The van der Waals surface area contributed by atoms with Crippen LogP contribution in [0.15, 0.2) is 36.7 Å². The monoisotopic (exact) mass is 372 g/mol. The number of nitrogens with one attached hydrogen (secondary N) is 2. The first kappa shape index (κ1) is 17.3. The van der Waals surface area contributed by atoms with Gasteiger partial charge < -0.3 is 15.5 Å². The van der Waals surface area contributed by atoms with Crippen molar-refractivity contribution >= 4 is 11.9 Å². The molecule has 0 aliphatic carbocycles. The van der Waals surface area contributed by atoms with Gasteiger partial charge in [0.15, 0.2) is 0 Å². The molecule has 0 atom stereocenters. The van der Waals surface area contributed by atoms with E-state index in [0.717, 1.165) is 32.2 Å². The van der Waals surface area contributed by atoms with E-state index in [-0.39, 0.29) is 6.54 Å². The maximum absolute atomic E-state index is 13.4. The van der Waals surface area contributed by atoms with Crippen molar-refractivity contribution in [3.8, 4) is 5.95 Å². The molecule has 1 aromatic carbocycles. The van der Waals surface area contributed by atoms with Crippen LogP contribution in [0.1, 0.15) is 5.56 Å². The molecule has 2 aromatic heterocycles. The van der Waals surface area contributed by atoms with E-state index in [1.165, 1.54) is 12.1 Å². The van der Waals surface area contributed by atoms with Crippen LogP contribution in [0, 0.1) is 11.6 Å². The third kappa shape index (κ3) is 4.17. The van der Waals surface area contributed by atoms with E-state index < -0.39 is 11.6 Å². The van der Waals surface area contributed by atoms with Crippen LogP contribution in [0.5, 0.6) is 0 Å². The van der Waals surface area contributed by atoms with Crippen LogP contribution in [0.2, 0.25) is 0 Å². The van der Waals surface area contributed by atoms with Crippen LogP contribution >= 0.6 is 0 Å². The van der Waals surface area contributed by atoms with Crippen molar-refractivity contribution in [3.05, 3.63) is 53.9 Å². The summed E-state index contributed by atoms with van der Waals surface area (Å²) in [5.74, 6) is -0.0301. The lowest BCUT2D eigenvalue weighted by atomic mass is 10.2. The predicted molar refractivity (Wildman–Crippen MR) is 95.7 cm³/mol. The predicted octanol–water partition coefficient (Wildman–Crippen LogP) is 1.36. The summed E-state index contributed by atoms with van der Waals surface area (Å²) < 4.78 is 28.3. The molecule has 1 aliphatic heterocycles. The third-order valence-corrected chi connectivity index (χ3v) is 4.09. The first-order chi connectivity index (χ1) is 13.2. The Hall–Kier alpha value is -3.14. The van der Waals surface area contributed by atoms with E-state index in [0.29, 0.717) is 23.4 Å². The number of hydrogen-bond donors (Lipinski definition) is 2. The Kier molecular flexibility index (Phi) is 4.88. The van der Waals surface area contributed by atoms with Crippen LogP contribution in [0.25, 0.3) is 5.95 Å². The van der Waals surface area contributed by atoms with Crippen molar-refractivity contribution in [1.82, 2.24) is 30.0 Å². The molecule has 1 saturated heterocycles. The second-order valence-electron chi connectivity index (χ2n) is 6.08. The summed E-state index contributed by atoms with van der Waals surface area (Å²) in [6.45, 7) is 3.41. The Morgan fingerprint density at radius 1 is 1.00 bits per heavy atom. The molecule has 0 bridgehead atoms. The summed E-state index contributed by atoms with van der Waals surface area (Å²) in [6, 6.07) is 5.15. The number of anilines is 2. The summed E-state index contributed by atoms with van der Waals surface area (Å²) in [5.41, 5.74) is 0.456. The van der Waals surface area contributed by atoms with Crippen molar-refractivity contribution in [2.45, 2.75) is 6.54 Å². The molecular weight excluding hydrogens is 354 g/mol. The fraction of sp³-hybridized carbons (Fsp3) is 0.294. The Morgan fingerprint density at radius 2 is 1.74 bits per heavy atom. The summed E-state index contributed by atoms with van der Waals surface area (Å²) >= 11 is 0. The number of hydrogen-bond acceptors (Lipinski definition) is 7. The van der Waals surface area contributed by atoms with Gasteiger partial charge in [-0.2, -0.15) is 20.1 Å². The molecule has 0 unspecified atom stereocenters. The molecule has 0 spiro atoms. The second-order valence-corrected chi connectivity index (χ2v) is 6.08. The third-order valence-electron chi connectivity index (χ3n) is 4.09. The van der Waals surface area contributed by atoms with Crippen LogP contribution in [0.3, 0.4) is 0 Å². The largest absolute Gasteiger partial charge is 0.350 e. The molecule has 140 valence electrons. The Balaban J connectivity index is 1.61. The maximum atomic E-state index is 13.4. The number of halogens is 2. The molecule has 0 radical (unpaired) electrons. The topological polar surface area (TPSA) is 83.8 Å². The highest BCUT2D eigenvalue weighted by Crippen LogP contribution is 2.15. The Bertz CT molecular complexity index is 889. The van der Waals surface area contributed by atoms with E-state index in [9.17, 15) is 8.78 Å². The quantitative estimate of drug-likeness (QED) is 0.700. The van der Waals surface area contributed by atoms with Gasteiger partial charge in [-0.05, 0) is 23.8 Å². The highest BCUT2D eigenvalue weighted by Gasteiger charge is 2.17. The fourth-order valence-corrected chi connectivity index (χ4v) is 2.82. The molecule has 4 rings (SSSR count). The van der Waals surface area contributed by atoms with Gasteiger partial charge in [0.2, 0.25) is 11.9 Å². The number of nitrogens with zero attached hydrogens (tertiary/aromatic N) is 6. The van der Waals surface area contributed by atoms with Gasteiger partial charge in [0, 0.05) is 51.2 Å². The zero-order chi connectivity index (χ0) is 18.6. The van der Waals surface area contributed by atoms with Gasteiger partial charge in [-0.1, -0.05) is 0 Å². The minimum atomic E-state index is -0.624. The van der Waals surface area contributed by atoms with Crippen molar-refractivity contribution in [3.63, 3.8) is 0 Å². The van der Waals surface area contributed by atoms with Gasteiger partial charge in [-0.25, -0.2) is 13.5 Å². The van der Waals surface area contributed by atoms with E-state index in [1.807, 2.05) is 0 Å². The lowest BCUT2D eigenvalue weighted by Crippen LogP contribution is -2.44. The first-order valence-corrected chi connectivity index (χ1v) is 8.58. The average Bonchev–Trinajstić information content (AvgIpc) is 3.21. The first-order valence-electron chi connectivity index (χ1n) is 8.58. The van der Waals surface area contributed by atoms with Gasteiger partial charge >= 0.3 is 0 Å². The smallest absolute Gasteiger partial charge is 0.257 e. The van der Waals surface area contributed by atoms with Gasteiger partial charge in [0.05, 0.1) is 0 Å². The molecule has 1 aliphatic rings. The molecule has 27 heavy (non-hydrogen) atoms. The van der Waals surface area contributed by atoms with Crippen LogP contribution in [-0.2, 0) is 6.54 Å². The molecule has 1 fully saturated rings. The highest BCUT2D eigenvalue weighted by molar-refractivity contribution is 5.41. The second kappa shape index (κ2) is 7.62. The van der Waals surface area contributed by atoms with Crippen molar-refractivity contribution in [2.24, 2.45) is 0 Å². The minimum Gasteiger partial charge on any atom is -0.350 e. The molecule has 3 heterocycles. The van der Waals surface area contributed by atoms with Crippen LogP contribution < -0.4 is 15.5 Å². The van der Waals surface area contributed by atoms with E-state index in [1.54, 1.807) is 23.1 Å². The molecule has 8 nitrogen and oxygen atoms in total. The summed E-state index contributed by atoms with van der Waals surface area (Å²) in [5, 5.41) is 10.5. The van der Waals surface area contributed by atoms with Gasteiger partial charge in [0.25, 0.3) is 5.95 Å². The van der Waals surface area contributed by atoms with Gasteiger partial charge in [-0.15, -0.1) is 0 Å². The zero-order valence-corrected chi connectivity index (χ0v) is 14.4. The molecule has 0 saturated carbocycles. The number of aromatic nitrogens is 5. The SMILES string of the molecule is Fc1cc(F)cc(CNc2nc(N3CCNCC3)nc(-n3cccn3)n2)c1. The minimum absolute atomic E-state index is 0.179. The zero-order valence-electron chi connectivity index (χ0n) is 14.4. The molecule has 0 amide bonds. The maximum Gasteiger partial charge on any atom is 0.257 e. The number of piperazine rings is 1. The normalized spacial score (nSPS) is 14.4. The van der Waals surface area contributed by atoms with Crippen LogP contribution in [0.4, 0.5) is 20.7 Å². The van der Waals surface area contributed by atoms with E-state index >= 15 is 0 Å². The molecule has 3 aromatic rings. The summed E-state index contributed by atoms with van der Waals surface area (Å²) in [6.07, 6.45) is 3.37.